The summed E-state index contributed by atoms with van der Waals surface area (Å²) in [4.78, 5) is 0. The van der Waals surface area contributed by atoms with Crippen LogP contribution in [0.4, 0.5) is 13.2 Å². The molecule has 0 spiro atoms. The van der Waals surface area contributed by atoms with Gasteiger partial charge in [-0.25, -0.2) is 0 Å². The molecule has 114 valence electrons. The van der Waals surface area contributed by atoms with Gasteiger partial charge in [0.2, 0.25) is 0 Å². The number of methoxy groups -OCH3 is 1. The number of rotatable bonds is 4. The number of aliphatic hydroxyl groups excluding tert-OH is 1. The fraction of sp³-hybridized carbons (Fsp3) is 0.333. The highest BCUT2D eigenvalue weighted by Gasteiger charge is 2.34. The highest BCUT2D eigenvalue weighted by atomic mass is 32.1. The van der Waals surface area contributed by atoms with Gasteiger partial charge in [0.15, 0.2) is 0 Å². The van der Waals surface area contributed by atoms with Crippen molar-refractivity contribution < 1.29 is 23.0 Å². The Morgan fingerprint density at radius 3 is 2.67 bits per heavy atom. The number of alkyl halides is 3. The number of aromatic nitrogens is 2. The maximum Gasteiger partial charge on any atom is 0.419 e. The van der Waals surface area contributed by atoms with E-state index in [1.807, 2.05) is 0 Å². The van der Waals surface area contributed by atoms with Gasteiger partial charge in [0.1, 0.15) is 15.8 Å². The molecule has 0 bridgehead atoms. The van der Waals surface area contributed by atoms with Crippen LogP contribution in [0.25, 0.3) is 10.6 Å². The first-order valence-corrected chi connectivity index (χ1v) is 6.64. The van der Waals surface area contributed by atoms with E-state index in [9.17, 15) is 13.2 Å². The van der Waals surface area contributed by atoms with Crippen molar-refractivity contribution in [3.05, 3.63) is 28.8 Å². The number of hydrogen-bond acceptors (Lipinski definition) is 6. The van der Waals surface area contributed by atoms with Crippen LogP contribution >= 0.6 is 11.3 Å². The monoisotopic (exact) mass is 319 g/mol. The second-order valence-electron chi connectivity index (χ2n) is 4.15. The van der Waals surface area contributed by atoms with Gasteiger partial charge >= 0.3 is 6.18 Å². The lowest BCUT2D eigenvalue weighted by molar-refractivity contribution is -0.138. The van der Waals surface area contributed by atoms with E-state index in [0.29, 0.717) is 10.0 Å². The Balaban J connectivity index is 2.43. The molecule has 1 unspecified atom stereocenters. The van der Waals surface area contributed by atoms with Crippen molar-refractivity contribution in [1.29, 1.82) is 0 Å². The second-order valence-corrected chi connectivity index (χ2v) is 5.16. The zero-order valence-electron chi connectivity index (χ0n) is 10.9. The first-order valence-electron chi connectivity index (χ1n) is 5.82. The number of halogens is 3. The molecule has 0 aliphatic heterocycles. The normalized spacial score (nSPS) is 13.2. The van der Waals surface area contributed by atoms with E-state index in [1.165, 1.54) is 19.2 Å². The van der Waals surface area contributed by atoms with Crippen molar-refractivity contribution in [2.24, 2.45) is 5.73 Å². The number of hydrogen-bond donors (Lipinski definition) is 2. The fourth-order valence-corrected chi connectivity index (χ4v) is 2.47. The van der Waals surface area contributed by atoms with E-state index in [2.05, 4.69) is 10.2 Å². The fourth-order valence-electron chi connectivity index (χ4n) is 1.64. The van der Waals surface area contributed by atoms with Gasteiger partial charge in [0.25, 0.3) is 0 Å². The molecule has 9 heteroatoms. The first kappa shape index (κ1) is 15.7. The van der Waals surface area contributed by atoms with Gasteiger partial charge in [0, 0.05) is 5.56 Å². The summed E-state index contributed by atoms with van der Waals surface area (Å²) in [6.07, 6.45) is -4.53. The van der Waals surface area contributed by atoms with Crippen molar-refractivity contribution in [3.63, 3.8) is 0 Å². The Morgan fingerprint density at radius 2 is 2.10 bits per heavy atom. The molecule has 1 aromatic heterocycles. The molecule has 0 fully saturated rings. The third-order valence-corrected chi connectivity index (χ3v) is 3.81. The Morgan fingerprint density at radius 1 is 1.38 bits per heavy atom. The summed E-state index contributed by atoms with van der Waals surface area (Å²) < 4.78 is 43.6. The van der Waals surface area contributed by atoms with E-state index in [1.54, 1.807) is 0 Å². The Labute approximate surface area is 122 Å². The quantitative estimate of drug-likeness (QED) is 0.903. The van der Waals surface area contributed by atoms with Crippen LogP contribution in [-0.2, 0) is 6.18 Å². The zero-order chi connectivity index (χ0) is 15.6. The van der Waals surface area contributed by atoms with Crippen molar-refractivity contribution in [3.8, 4) is 16.3 Å². The van der Waals surface area contributed by atoms with Crippen LogP contribution in [0.15, 0.2) is 18.2 Å². The number of benzene rings is 1. The SMILES string of the molecule is COc1ccc(-c2nnc(C(N)CO)s2)cc1C(F)(F)F. The lowest BCUT2D eigenvalue weighted by atomic mass is 10.1. The van der Waals surface area contributed by atoms with E-state index in [0.717, 1.165) is 17.4 Å². The molecule has 2 rings (SSSR count). The Bertz CT molecular complexity index is 630. The molecule has 5 nitrogen and oxygen atoms in total. The van der Waals surface area contributed by atoms with Crippen molar-refractivity contribution in [1.82, 2.24) is 10.2 Å². The van der Waals surface area contributed by atoms with Gasteiger partial charge in [0.05, 0.1) is 25.3 Å². The lowest BCUT2D eigenvalue weighted by Crippen LogP contribution is -2.13. The highest BCUT2D eigenvalue weighted by Crippen LogP contribution is 2.39. The molecular formula is C12H12F3N3O2S. The van der Waals surface area contributed by atoms with Crippen LogP contribution in [0, 0.1) is 0 Å². The van der Waals surface area contributed by atoms with Gasteiger partial charge in [-0.1, -0.05) is 11.3 Å². The van der Waals surface area contributed by atoms with Gasteiger partial charge in [-0.15, -0.1) is 10.2 Å². The molecule has 1 aromatic carbocycles. The summed E-state index contributed by atoms with van der Waals surface area (Å²) in [5.74, 6) is -0.261. The van der Waals surface area contributed by atoms with E-state index in [4.69, 9.17) is 15.6 Å². The molecule has 3 N–H and O–H groups in total. The minimum absolute atomic E-state index is 0.261. The van der Waals surface area contributed by atoms with Crippen LogP contribution in [0.5, 0.6) is 5.75 Å². The average molecular weight is 319 g/mol. The van der Waals surface area contributed by atoms with Gasteiger partial charge in [-0.2, -0.15) is 13.2 Å². The maximum absolute atomic E-state index is 13.0. The van der Waals surface area contributed by atoms with Gasteiger partial charge in [-0.05, 0) is 18.2 Å². The van der Waals surface area contributed by atoms with E-state index in [-0.39, 0.29) is 17.9 Å². The van der Waals surface area contributed by atoms with E-state index >= 15 is 0 Å². The van der Waals surface area contributed by atoms with Crippen LogP contribution in [-0.4, -0.2) is 29.0 Å². The standard InChI is InChI=1S/C12H12F3N3O2S/c1-20-9-3-2-6(4-7(9)12(13,14)15)10-17-18-11(21-10)8(16)5-19/h2-4,8,19H,5,16H2,1H3. The summed E-state index contributed by atoms with van der Waals surface area (Å²) in [7, 11) is 1.17. The summed E-state index contributed by atoms with van der Waals surface area (Å²) in [6, 6.07) is 2.94. The summed E-state index contributed by atoms with van der Waals surface area (Å²) >= 11 is 1.04. The summed E-state index contributed by atoms with van der Waals surface area (Å²) in [6.45, 7) is -0.314. The third-order valence-electron chi connectivity index (χ3n) is 2.71. The average Bonchev–Trinajstić information content (AvgIpc) is 2.94. The molecule has 0 radical (unpaired) electrons. The molecule has 0 amide bonds. The van der Waals surface area contributed by atoms with Crippen LogP contribution < -0.4 is 10.5 Å². The molecular weight excluding hydrogens is 307 g/mol. The lowest BCUT2D eigenvalue weighted by Gasteiger charge is -2.12. The second kappa shape index (κ2) is 5.96. The number of ether oxygens (including phenoxy) is 1. The highest BCUT2D eigenvalue weighted by molar-refractivity contribution is 7.14. The molecule has 1 heterocycles. The minimum Gasteiger partial charge on any atom is -0.496 e. The summed E-state index contributed by atoms with van der Waals surface area (Å²) in [5, 5.41) is 17.2. The molecule has 2 aromatic rings. The summed E-state index contributed by atoms with van der Waals surface area (Å²) in [5.41, 5.74) is 4.97. The van der Waals surface area contributed by atoms with Crippen LogP contribution in [0.1, 0.15) is 16.6 Å². The topological polar surface area (TPSA) is 81.3 Å². The Kier molecular flexibility index (Phi) is 4.45. The van der Waals surface area contributed by atoms with Gasteiger partial charge in [-0.3, -0.25) is 0 Å². The number of aliphatic hydroxyl groups is 1. The smallest absolute Gasteiger partial charge is 0.419 e. The van der Waals surface area contributed by atoms with Crippen molar-refractivity contribution in [2.75, 3.05) is 13.7 Å². The van der Waals surface area contributed by atoms with Crippen LogP contribution in [0.2, 0.25) is 0 Å². The molecule has 1 atom stereocenters. The van der Waals surface area contributed by atoms with Crippen molar-refractivity contribution >= 4 is 11.3 Å². The number of nitrogens with two attached hydrogens (primary N) is 1. The molecule has 21 heavy (non-hydrogen) atoms. The molecule has 0 aliphatic carbocycles. The third kappa shape index (κ3) is 3.31. The zero-order valence-corrected chi connectivity index (χ0v) is 11.7. The Hall–Kier alpha value is -1.71. The minimum atomic E-state index is -4.53. The largest absolute Gasteiger partial charge is 0.496 e. The van der Waals surface area contributed by atoms with Crippen LogP contribution in [0.3, 0.4) is 0 Å². The predicted molar refractivity (Wildman–Crippen MR) is 70.9 cm³/mol. The first-order chi connectivity index (χ1) is 9.86. The maximum atomic E-state index is 13.0. The van der Waals surface area contributed by atoms with Gasteiger partial charge < -0.3 is 15.6 Å². The van der Waals surface area contributed by atoms with Crippen molar-refractivity contribution in [2.45, 2.75) is 12.2 Å². The predicted octanol–water partition coefficient (Wildman–Crippen LogP) is 2.22. The van der Waals surface area contributed by atoms with E-state index < -0.39 is 17.8 Å². The molecule has 0 saturated heterocycles. The molecule has 0 aliphatic rings. The molecule has 0 saturated carbocycles. The number of nitrogens with zero attached hydrogens (tertiary/aromatic N) is 2.